The monoisotopic (exact) mass is 178 g/mol. The Morgan fingerprint density at radius 1 is 1.33 bits per heavy atom. The fraction of sp³-hybridized carbons (Fsp3) is 0.833. The van der Waals surface area contributed by atoms with Crippen LogP contribution >= 0.6 is 35.7 Å². The molecule has 0 spiro atoms. The third-order valence-corrected chi connectivity index (χ3v) is 4.90. The second-order valence-electron chi connectivity index (χ2n) is 2.99. The van der Waals surface area contributed by atoms with Crippen molar-refractivity contribution in [2.75, 3.05) is 11.5 Å². The van der Waals surface area contributed by atoms with Gasteiger partial charge in [-0.3, -0.25) is 0 Å². The zero-order valence-corrected chi connectivity index (χ0v) is 8.09. The summed E-state index contributed by atoms with van der Waals surface area (Å²) in [7, 11) is 0. The molecule has 1 heterocycles. The first-order valence-corrected chi connectivity index (χ1v) is 5.28. The van der Waals surface area contributed by atoms with Crippen LogP contribution in [0.1, 0.15) is 13.8 Å². The highest BCUT2D eigenvalue weighted by Crippen LogP contribution is 2.36. The summed E-state index contributed by atoms with van der Waals surface area (Å²) >= 11 is 8.67. The van der Waals surface area contributed by atoms with Gasteiger partial charge in [0.15, 0.2) is 0 Å². The van der Waals surface area contributed by atoms with E-state index < -0.39 is 0 Å². The van der Waals surface area contributed by atoms with Crippen LogP contribution in [0.2, 0.25) is 0 Å². The Morgan fingerprint density at radius 2 is 1.78 bits per heavy atom. The van der Waals surface area contributed by atoms with Crippen LogP contribution in [0.25, 0.3) is 0 Å². The quantitative estimate of drug-likeness (QED) is 0.524. The molecule has 1 aliphatic rings. The molecule has 1 rings (SSSR count). The van der Waals surface area contributed by atoms with Crippen molar-refractivity contribution in [1.82, 2.24) is 0 Å². The van der Waals surface area contributed by atoms with E-state index in [0.717, 1.165) is 3.53 Å². The van der Waals surface area contributed by atoms with E-state index in [0.29, 0.717) is 5.41 Å². The maximum atomic E-state index is 5.03. The minimum atomic E-state index is 0.498. The van der Waals surface area contributed by atoms with E-state index in [4.69, 9.17) is 12.2 Å². The van der Waals surface area contributed by atoms with Gasteiger partial charge in [0.25, 0.3) is 0 Å². The molecule has 0 N–H and O–H groups in total. The van der Waals surface area contributed by atoms with Crippen molar-refractivity contribution >= 4 is 39.3 Å². The Kier molecular flexibility index (Phi) is 2.46. The third kappa shape index (κ3) is 2.48. The minimum absolute atomic E-state index is 0.498. The van der Waals surface area contributed by atoms with E-state index in [2.05, 4.69) is 13.8 Å². The Bertz CT molecular complexity index is 116. The number of hydrogen-bond acceptors (Lipinski definition) is 3. The van der Waals surface area contributed by atoms with Crippen LogP contribution < -0.4 is 0 Å². The van der Waals surface area contributed by atoms with E-state index in [9.17, 15) is 0 Å². The summed E-state index contributed by atoms with van der Waals surface area (Å²) < 4.78 is 1.12. The van der Waals surface area contributed by atoms with Gasteiger partial charge in [-0.05, 0) is 5.41 Å². The predicted molar refractivity (Wildman–Crippen MR) is 51.3 cm³/mol. The van der Waals surface area contributed by atoms with E-state index in [1.165, 1.54) is 11.5 Å². The van der Waals surface area contributed by atoms with Crippen molar-refractivity contribution in [2.45, 2.75) is 13.8 Å². The van der Waals surface area contributed by atoms with Crippen LogP contribution in [0.5, 0.6) is 0 Å². The predicted octanol–water partition coefficient (Wildman–Crippen LogP) is 2.78. The van der Waals surface area contributed by atoms with Crippen LogP contribution in [0.15, 0.2) is 0 Å². The second-order valence-corrected chi connectivity index (χ2v) is 6.15. The van der Waals surface area contributed by atoms with Gasteiger partial charge in [0.2, 0.25) is 0 Å². The lowest BCUT2D eigenvalue weighted by molar-refractivity contribution is 0.493. The highest BCUT2D eigenvalue weighted by atomic mass is 32.2. The summed E-state index contributed by atoms with van der Waals surface area (Å²) in [6, 6.07) is 0. The molecule has 9 heavy (non-hydrogen) atoms. The molecule has 1 fully saturated rings. The maximum absolute atomic E-state index is 5.03. The lowest BCUT2D eigenvalue weighted by atomic mass is 10.0. The van der Waals surface area contributed by atoms with Crippen molar-refractivity contribution in [1.29, 1.82) is 0 Å². The van der Waals surface area contributed by atoms with E-state index in [-0.39, 0.29) is 0 Å². The molecule has 0 nitrogen and oxygen atoms in total. The van der Waals surface area contributed by atoms with Crippen molar-refractivity contribution in [3.8, 4) is 0 Å². The Hall–Kier alpha value is 0.790. The normalized spacial score (nSPS) is 26.2. The van der Waals surface area contributed by atoms with Crippen molar-refractivity contribution in [3.05, 3.63) is 0 Å². The smallest absolute Gasteiger partial charge is 0.104 e. The minimum Gasteiger partial charge on any atom is -0.107 e. The molecule has 0 amide bonds. The summed E-state index contributed by atoms with van der Waals surface area (Å²) in [5, 5.41) is 0. The largest absolute Gasteiger partial charge is 0.107 e. The lowest BCUT2D eigenvalue weighted by Gasteiger charge is -2.27. The summed E-state index contributed by atoms with van der Waals surface area (Å²) in [5.41, 5.74) is 0.498. The topological polar surface area (TPSA) is 0 Å². The fourth-order valence-corrected chi connectivity index (χ4v) is 2.98. The molecule has 0 atom stereocenters. The molecule has 0 radical (unpaired) electrons. The highest BCUT2D eigenvalue weighted by molar-refractivity contribution is 8.47. The molecule has 0 aliphatic carbocycles. The standard InChI is InChI=1S/C6H10S3/c1-6(2)3-8-5(7)9-4-6/h3-4H2,1-2H3. The Balaban J connectivity index is 2.44. The van der Waals surface area contributed by atoms with Crippen molar-refractivity contribution in [2.24, 2.45) is 5.41 Å². The molecule has 0 aromatic heterocycles. The van der Waals surface area contributed by atoms with Crippen molar-refractivity contribution < 1.29 is 0 Å². The number of thiocarbonyl (C=S) groups is 1. The first kappa shape index (κ1) is 7.89. The molecule has 52 valence electrons. The molecule has 0 aromatic rings. The van der Waals surface area contributed by atoms with Crippen LogP contribution in [0.4, 0.5) is 0 Å². The first-order valence-electron chi connectivity index (χ1n) is 2.90. The molecule has 1 saturated heterocycles. The second kappa shape index (κ2) is 2.81. The first-order chi connectivity index (χ1) is 4.10. The molecule has 3 heteroatoms. The zero-order chi connectivity index (χ0) is 6.91. The number of hydrogen-bond donors (Lipinski definition) is 0. The van der Waals surface area contributed by atoms with Crippen molar-refractivity contribution in [3.63, 3.8) is 0 Å². The van der Waals surface area contributed by atoms with Crippen LogP contribution in [0.3, 0.4) is 0 Å². The van der Waals surface area contributed by atoms with Gasteiger partial charge in [-0.1, -0.05) is 26.1 Å². The molecule has 0 aromatic carbocycles. The SMILES string of the molecule is CC1(C)CSC(=S)SC1. The molecule has 1 aliphatic heterocycles. The van der Waals surface area contributed by atoms with E-state index in [1.807, 2.05) is 23.5 Å². The number of thioether (sulfide) groups is 2. The van der Waals surface area contributed by atoms with Gasteiger partial charge in [-0.25, -0.2) is 0 Å². The average Bonchev–Trinajstić information content (AvgIpc) is 1.78. The molecular formula is C6H10S3. The maximum Gasteiger partial charge on any atom is 0.104 e. The van der Waals surface area contributed by atoms with Gasteiger partial charge >= 0.3 is 0 Å². The van der Waals surface area contributed by atoms with Crippen LogP contribution in [0, 0.1) is 5.41 Å². The summed E-state index contributed by atoms with van der Waals surface area (Å²) in [5.74, 6) is 2.39. The van der Waals surface area contributed by atoms with Gasteiger partial charge in [0.05, 0.1) is 0 Å². The van der Waals surface area contributed by atoms with E-state index in [1.54, 1.807) is 0 Å². The van der Waals surface area contributed by atoms with Crippen LogP contribution in [-0.2, 0) is 0 Å². The summed E-state index contributed by atoms with van der Waals surface area (Å²) in [4.78, 5) is 0. The molecular weight excluding hydrogens is 168 g/mol. The lowest BCUT2D eigenvalue weighted by Crippen LogP contribution is -2.22. The zero-order valence-electron chi connectivity index (χ0n) is 5.64. The van der Waals surface area contributed by atoms with Gasteiger partial charge in [-0.15, -0.1) is 23.5 Å². The molecule has 0 unspecified atom stereocenters. The molecule has 0 bridgehead atoms. The van der Waals surface area contributed by atoms with Gasteiger partial charge in [0.1, 0.15) is 3.53 Å². The average molecular weight is 178 g/mol. The third-order valence-electron chi connectivity index (χ3n) is 1.16. The van der Waals surface area contributed by atoms with Gasteiger partial charge < -0.3 is 0 Å². The van der Waals surface area contributed by atoms with E-state index >= 15 is 0 Å². The summed E-state index contributed by atoms with van der Waals surface area (Å²) in [6.45, 7) is 4.57. The highest BCUT2D eigenvalue weighted by Gasteiger charge is 2.24. The van der Waals surface area contributed by atoms with Gasteiger partial charge in [0, 0.05) is 11.5 Å². The van der Waals surface area contributed by atoms with Crippen LogP contribution in [-0.4, -0.2) is 15.0 Å². The van der Waals surface area contributed by atoms with Gasteiger partial charge in [-0.2, -0.15) is 0 Å². The molecule has 0 saturated carbocycles. The Labute approximate surface area is 70.2 Å². The fourth-order valence-electron chi connectivity index (χ4n) is 0.592. The Morgan fingerprint density at radius 3 is 2.11 bits per heavy atom. The number of rotatable bonds is 0. The summed E-state index contributed by atoms with van der Waals surface area (Å²) in [6.07, 6.45) is 0.